The van der Waals surface area contributed by atoms with Crippen molar-refractivity contribution in [2.75, 3.05) is 19.6 Å². The molecule has 0 aromatic carbocycles. The number of aliphatic hydroxyl groups is 1. The number of hydrogen-bond donors (Lipinski definition) is 2. The second kappa shape index (κ2) is 6.43. The van der Waals surface area contributed by atoms with E-state index in [0.717, 1.165) is 0 Å². The first-order chi connectivity index (χ1) is 9.11. The summed E-state index contributed by atoms with van der Waals surface area (Å²) < 4.78 is 36.2. The average molecular weight is 296 g/mol. The fraction of sp³-hybridized carbons (Fsp3) is 0.833. The van der Waals surface area contributed by atoms with Crippen LogP contribution in [-0.4, -0.2) is 53.7 Å². The van der Waals surface area contributed by atoms with Gasteiger partial charge in [0.15, 0.2) is 6.10 Å². The van der Waals surface area contributed by atoms with Gasteiger partial charge in [-0.15, -0.1) is 0 Å². The lowest BCUT2D eigenvalue weighted by molar-refractivity contribution is -0.202. The van der Waals surface area contributed by atoms with Crippen LogP contribution in [0.15, 0.2) is 0 Å². The number of likely N-dealkylation sites (tertiary alicyclic amines) is 1. The van der Waals surface area contributed by atoms with E-state index in [1.54, 1.807) is 0 Å². The van der Waals surface area contributed by atoms with E-state index >= 15 is 0 Å². The van der Waals surface area contributed by atoms with Gasteiger partial charge >= 0.3 is 6.18 Å². The lowest BCUT2D eigenvalue weighted by Gasteiger charge is -2.19. The third kappa shape index (κ3) is 4.66. The Morgan fingerprint density at radius 2 is 2.10 bits per heavy atom. The zero-order valence-corrected chi connectivity index (χ0v) is 11.4. The van der Waals surface area contributed by atoms with Crippen molar-refractivity contribution in [3.63, 3.8) is 0 Å². The minimum Gasteiger partial charge on any atom is -0.382 e. The standard InChI is InChI=1S/C12H19F3N2O3/c1-7(2)5-17-6-8(3-10(17)19)11(20)16-4-9(18)12(13,14)15/h7-9,18H,3-6H2,1-2H3,(H,16,20). The maximum atomic E-state index is 12.1. The van der Waals surface area contributed by atoms with Crippen molar-refractivity contribution in [3.05, 3.63) is 0 Å². The Morgan fingerprint density at radius 3 is 2.60 bits per heavy atom. The van der Waals surface area contributed by atoms with Crippen LogP contribution in [0, 0.1) is 11.8 Å². The van der Waals surface area contributed by atoms with Gasteiger partial charge in [0.2, 0.25) is 11.8 Å². The monoisotopic (exact) mass is 296 g/mol. The van der Waals surface area contributed by atoms with Crippen LogP contribution in [0.5, 0.6) is 0 Å². The maximum absolute atomic E-state index is 12.1. The first-order valence-corrected chi connectivity index (χ1v) is 6.41. The highest BCUT2D eigenvalue weighted by Crippen LogP contribution is 2.21. The predicted molar refractivity (Wildman–Crippen MR) is 64.6 cm³/mol. The first kappa shape index (κ1) is 16.7. The van der Waals surface area contributed by atoms with Gasteiger partial charge in [0.05, 0.1) is 12.5 Å². The molecule has 1 aliphatic heterocycles. The summed E-state index contributed by atoms with van der Waals surface area (Å²) in [7, 11) is 0. The van der Waals surface area contributed by atoms with Crippen molar-refractivity contribution >= 4 is 11.8 Å². The van der Waals surface area contributed by atoms with Gasteiger partial charge in [0.1, 0.15) is 0 Å². The minimum absolute atomic E-state index is 0.000661. The molecule has 1 heterocycles. The maximum Gasteiger partial charge on any atom is 0.416 e. The SMILES string of the molecule is CC(C)CN1CC(C(=O)NCC(O)C(F)(F)F)CC1=O. The summed E-state index contributed by atoms with van der Waals surface area (Å²) in [6.07, 6.45) is -7.35. The van der Waals surface area contributed by atoms with Gasteiger partial charge in [-0.3, -0.25) is 9.59 Å². The van der Waals surface area contributed by atoms with Gasteiger partial charge in [-0.2, -0.15) is 13.2 Å². The Kier molecular flexibility index (Phi) is 5.38. The molecule has 2 atom stereocenters. The molecule has 0 aromatic heterocycles. The van der Waals surface area contributed by atoms with E-state index in [-0.39, 0.29) is 24.8 Å². The lowest BCUT2D eigenvalue weighted by atomic mass is 10.1. The van der Waals surface area contributed by atoms with E-state index in [4.69, 9.17) is 5.11 Å². The molecule has 116 valence electrons. The van der Waals surface area contributed by atoms with E-state index in [9.17, 15) is 22.8 Å². The molecule has 5 nitrogen and oxygen atoms in total. The Balaban J connectivity index is 2.44. The van der Waals surface area contributed by atoms with Crippen LogP contribution in [0.1, 0.15) is 20.3 Å². The second-order valence-corrected chi connectivity index (χ2v) is 5.40. The summed E-state index contributed by atoms with van der Waals surface area (Å²) in [6.45, 7) is 3.71. The first-order valence-electron chi connectivity index (χ1n) is 6.41. The van der Waals surface area contributed by atoms with Gasteiger partial charge in [0, 0.05) is 19.5 Å². The number of amides is 2. The summed E-state index contributed by atoms with van der Waals surface area (Å²) in [4.78, 5) is 24.9. The molecule has 20 heavy (non-hydrogen) atoms. The van der Waals surface area contributed by atoms with E-state index in [2.05, 4.69) is 0 Å². The van der Waals surface area contributed by atoms with Crippen LogP contribution in [0.25, 0.3) is 0 Å². The summed E-state index contributed by atoms with van der Waals surface area (Å²) in [5, 5.41) is 10.8. The zero-order chi connectivity index (χ0) is 15.5. The number of nitrogens with one attached hydrogen (secondary N) is 1. The molecule has 0 aliphatic carbocycles. The summed E-state index contributed by atoms with van der Waals surface area (Å²) in [5.74, 6) is -1.20. The van der Waals surface area contributed by atoms with Crippen molar-refractivity contribution in [3.8, 4) is 0 Å². The normalized spacial score (nSPS) is 21.4. The van der Waals surface area contributed by atoms with Gasteiger partial charge in [-0.25, -0.2) is 0 Å². The summed E-state index contributed by atoms with van der Waals surface area (Å²) in [5.41, 5.74) is 0. The highest BCUT2D eigenvalue weighted by atomic mass is 19.4. The molecule has 1 fully saturated rings. The Hall–Kier alpha value is -1.31. The molecule has 1 saturated heterocycles. The molecule has 0 aromatic rings. The van der Waals surface area contributed by atoms with Crippen molar-refractivity contribution in [2.24, 2.45) is 11.8 Å². The number of hydrogen-bond acceptors (Lipinski definition) is 3. The van der Waals surface area contributed by atoms with Gasteiger partial charge in [0.25, 0.3) is 0 Å². The number of carbonyl (C=O) groups excluding carboxylic acids is 2. The van der Waals surface area contributed by atoms with Crippen LogP contribution in [0.4, 0.5) is 13.2 Å². The third-order valence-electron chi connectivity index (χ3n) is 3.02. The zero-order valence-electron chi connectivity index (χ0n) is 11.4. The molecule has 1 aliphatic rings. The Bertz CT molecular complexity index is 371. The molecule has 2 N–H and O–H groups in total. The largest absolute Gasteiger partial charge is 0.416 e. The van der Waals surface area contributed by atoms with Crippen LogP contribution < -0.4 is 5.32 Å². The fourth-order valence-electron chi connectivity index (χ4n) is 2.02. The molecule has 0 bridgehead atoms. The summed E-state index contributed by atoms with van der Waals surface area (Å²) in [6, 6.07) is 0. The van der Waals surface area contributed by atoms with Crippen molar-refractivity contribution < 1.29 is 27.9 Å². The molecule has 8 heteroatoms. The highest BCUT2D eigenvalue weighted by molar-refractivity contribution is 5.89. The molecule has 1 rings (SSSR count). The molecular weight excluding hydrogens is 277 g/mol. The van der Waals surface area contributed by atoms with E-state index in [1.807, 2.05) is 19.2 Å². The van der Waals surface area contributed by atoms with Gasteiger partial charge in [-0.1, -0.05) is 13.8 Å². The van der Waals surface area contributed by atoms with E-state index in [0.29, 0.717) is 6.54 Å². The smallest absolute Gasteiger partial charge is 0.382 e. The molecule has 0 radical (unpaired) electrons. The van der Waals surface area contributed by atoms with Crippen molar-refractivity contribution in [1.82, 2.24) is 10.2 Å². The van der Waals surface area contributed by atoms with E-state index in [1.165, 1.54) is 4.90 Å². The number of aliphatic hydroxyl groups excluding tert-OH is 1. The Morgan fingerprint density at radius 1 is 1.50 bits per heavy atom. The van der Waals surface area contributed by atoms with Crippen LogP contribution >= 0.6 is 0 Å². The van der Waals surface area contributed by atoms with Crippen molar-refractivity contribution in [2.45, 2.75) is 32.5 Å². The van der Waals surface area contributed by atoms with Gasteiger partial charge in [-0.05, 0) is 5.92 Å². The van der Waals surface area contributed by atoms with E-state index < -0.39 is 30.7 Å². The highest BCUT2D eigenvalue weighted by Gasteiger charge is 2.39. The van der Waals surface area contributed by atoms with Gasteiger partial charge < -0.3 is 15.3 Å². The molecule has 0 spiro atoms. The van der Waals surface area contributed by atoms with Crippen LogP contribution in [0.2, 0.25) is 0 Å². The lowest BCUT2D eigenvalue weighted by Crippen LogP contribution is -2.43. The predicted octanol–water partition coefficient (Wildman–Crippen LogP) is 0.530. The fourth-order valence-corrected chi connectivity index (χ4v) is 2.02. The number of nitrogens with zero attached hydrogens (tertiary/aromatic N) is 1. The minimum atomic E-state index is -4.76. The van der Waals surface area contributed by atoms with Crippen LogP contribution in [0.3, 0.4) is 0 Å². The van der Waals surface area contributed by atoms with Crippen LogP contribution in [-0.2, 0) is 9.59 Å². The number of alkyl halides is 3. The molecule has 2 unspecified atom stereocenters. The number of rotatable bonds is 5. The topological polar surface area (TPSA) is 69.6 Å². The third-order valence-corrected chi connectivity index (χ3v) is 3.02. The van der Waals surface area contributed by atoms with Crippen molar-refractivity contribution in [1.29, 1.82) is 0 Å². The average Bonchev–Trinajstić information content (AvgIpc) is 2.65. The molecule has 2 amide bonds. The molecule has 0 saturated carbocycles. The molecular formula is C12H19F3N2O3. The quantitative estimate of drug-likeness (QED) is 0.777. The Labute approximate surface area is 115 Å². The number of halogens is 3. The second-order valence-electron chi connectivity index (χ2n) is 5.40. The number of carbonyl (C=O) groups is 2. The summed E-state index contributed by atoms with van der Waals surface area (Å²) >= 11 is 0.